The SMILES string of the molecule is CC(=O)C[C@@H](Cc1ccc(-c2ccccc2)cc1)NC(N)=O.CC(=O)C[C@H](N)Cc1ccc(-c2ccccc2)cc1.Cl.O=C(Cl)Oc1ccccc1. The van der Waals surface area contributed by atoms with Gasteiger partial charge in [0.05, 0.1) is 0 Å². The van der Waals surface area contributed by atoms with Crippen molar-refractivity contribution in [3.05, 3.63) is 151 Å². The number of hydrogen-bond acceptors (Lipinski definition) is 6. The Kier molecular flexibility index (Phi) is 19.2. The Hall–Kier alpha value is -5.28. The van der Waals surface area contributed by atoms with Gasteiger partial charge in [-0.3, -0.25) is 9.59 Å². The summed E-state index contributed by atoms with van der Waals surface area (Å²) in [6.45, 7) is 3.09. The number of urea groups is 1. The lowest BCUT2D eigenvalue weighted by molar-refractivity contribution is -0.118. The fraction of sp³-hybridized carbons (Fsp3) is 0.190. The molecule has 0 saturated carbocycles. The quantitative estimate of drug-likeness (QED) is 0.109. The van der Waals surface area contributed by atoms with Crippen molar-refractivity contribution >= 4 is 47.0 Å². The van der Waals surface area contributed by atoms with Crippen LogP contribution in [0.3, 0.4) is 0 Å². The predicted molar refractivity (Wildman–Crippen MR) is 212 cm³/mol. The molecule has 0 spiro atoms. The molecule has 0 aromatic heterocycles. The number of ketones is 2. The number of amides is 2. The molecule has 0 unspecified atom stereocenters. The summed E-state index contributed by atoms with van der Waals surface area (Å²) in [4.78, 5) is 43.5. The third-order valence-electron chi connectivity index (χ3n) is 7.47. The lowest BCUT2D eigenvalue weighted by Crippen LogP contribution is -2.40. The number of para-hydroxylation sites is 1. The molecule has 0 bridgehead atoms. The number of hydrogen-bond donors (Lipinski definition) is 3. The van der Waals surface area contributed by atoms with Crippen LogP contribution in [-0.2, 0) is 22.4 Å². The Labute approximate surface area is 316 Å². The van der Waals surface area contributed by atoms with Gasteiger partial charge < -0.3 is 21.5 Å². The zero-order chi connectivity index (χ0) is 37.0. The van der Waals surface area contributed by atoms with E-state index in [1.165, 1.54) is 23.6 Å². The second-order valence-corrected chi connectivity index (χ2v) is 12.3. The fourth-order valence-electron chi connectivity index (χ4n) is 5.26. The highest BCUT2D eigenvalue weighted by Crippen LogP contribution is 2.21. The second kappa shape index (κ2) is 23.2. The number of primary amides is 1. The van der Waals surface area contributed by atoms with Gasteiger partial charge in [0.15, 0.2) is 0 Å². The first-order valence-electron chi connectivity index (χ1n) is 16.5. The largest absolute Gasteiger partial charge is 0.415 e. The molecule has 5 N–H and O–H groups in total. The van der Waals surface area contributed by atoms with Crippen molar-refractivity contribution in [2.75, 3.05) is 0 Å². The van der Waals surface area contributed by atoms with Gasteiger partial charge in [0.25, 0.3) is 0 Å². The number of benzene rings is 5. The van der Waals surface area contributed by atoms with Crippen LogP contribution in [0.5, 0.6) is 5.75 Å². The lowest BCUT2D eigenvalue weighted by atomic mass is 9.98. The zero-order valence-corrected chi connectivity index (χ0v) is 30.8. The monoisotopic (exact) mass is 741 g/mol. The number of Topliss-reactive ketones (excluding diaryl/α,β-unsaturated/α-hetero) is 2. The molecule has 52 heavy (non-hydrogen) atoms. The highest BCUT2D eigenvalue weighted by molar-refractivity contribution is 6.61. The van der Waals surface area contributed by atoms with Crippen LogP contribution in [0, 0.1) is 0 Å². The van der Waals surface area contributed by atoms with Gasteiger partial charge in [0.2, 0.25) is 0 Å². The summed E-state index contributed by atoms with van der Waals surface area (Å²) in [5, 5.41) is 2.62. The molecule has 0 aliphatic heterocycles. The van der Waals surface area contributed by atoms with E-state index in [9.17, 15) is 19.2 Å². The summed E-state index contributed by atoms with van der Waals surface area (Å²) < 4.78 is 4.54. The van der Waals surface area contributed by atoms with E-state index >= 15 is 0 Å². The van der Waals surface area contributed by atoms with Crippen molar-refractivity contribution in [2.24, 2.45) is 11.5 Å². The van der Waals surface area contributed by atoms with Gasteiger partial charge in [0.1, 0.15) is 17.3 Å². The average molecular weight is 743 g/mol. The number of carbonyl (C=O) groups is 4. The molecule has 5 rings (SSSR count). The van der Waals surface area contributed by atoms with Crippen molar-refractivity contribution in [1.29, 1.82) is 0 Å². The molecule has 5 aromatic rings. The third kappa shape index (κ3) is 17.1. The van der Waals surface area contributed by atoms with Crippen LogP contribution >= 0.6 is 24.0 Å². The molecule has 2 atom stereocenters. The van der Waals surface area contributed by atoms with Crippen molar-refractivity contribution in [3.8, 4) is 28.0 Å². The van der Waals surface area contributed by atoms with E-state index in [0.29, 0.717) is 18.6 Å². The Morgan fingerprint density at radius 3 is 1.37 bits per heavy atom. The molecule has 0 aliphatic rings. The van der Waals surface area contributed by atoms with Crippen LogP contribution in [-0.4, -0.2) is 35.1 Å². The first-order valence-corrected chi connectivity index (χ1v) is 16.9. The van der Waals surface area contributed by atoms with Crippen LogP contribution < -0.4 is 21.5 Å². The summed E-state index contributed by atoms with van der Waals surface area (Å²) >= 11 is 4.95. The van der Waals surface area contributed by atoms with Gasteiger partial charge in [-0.2, -0.15) is 0 Å². The second-order valence-electron chi connectivity index (χ2n) is 12.0. The maximum atomic E-state index is 11.3. The summed E-state index contributed by atoms with van der Waals surface area (Å²) in [6.07, 6.45) is 2.05. The molecule has 2 amide bonds. The Morgan fingerprint density at radius 2 is 0.981 bits per heavy atom. The van der Waals surface area contributed by atoms with Gasteiger partial charge in [-0.05, 0) is 72.2 Å². The van der Waals surface area contributed by atoms with Gasteiger partial charge in [-0.25, -0.2) is 9.59 Å². The van der Waals surface area contributed by atoms with Gasteiger partial charge >= 0.3 is 11.5 Å². The van der Waals surface area contributed by atoms with Gasteiger partial charge in [-0.15, -0.1) is 12.4 Å². The molecule has 10 heteroatoms. The Balaban J connectivity index is 0.000000285. The fourth-order valence-corrected chi connectivity index (χ4v) is 5.35. The number of nitrogens with two attached hydrogens (primary N) is 2. The van der Waals surface area contributed by atoms with Crippen molar-refractivity contribution in [3.63, 3.8) is 0 Å². The third-order valence-corrected chi connectivity index (χ3v) is 7.55. The van der Waals surface area contributed by atoms with E-state index in [1.54, 1.807) is 31.2 Å². The minimum Gasteiger partial charge on any atom is -0.415 e. The summed E-state index contributed by atoms with van der Waals surface area (Å²) in [7, 11) is 0. The average Bonchev–Trinajstić information content (AvgIpc) is 3.09. The number of nitrogens with one attached hydrogen (secondary N) is 1. The van der Waals surface area contributed by atoms with Crippen LogP contribution in [0.2, 0.25) is 0 Å². The lowest BCUT2D eigenvalue weighted by Gasteiger charge is -2.16. The summed E-state index contributed by atoms with van der Waals surface area (Å²) in [5.74, 6) is 0.635. The number of ether oxygens (including phenoxy) is 1. The number of carbonyl (C=O) groups excluding carboxylic acids is 4. The first kappa shape index (κ1) is 42.9. The highest BCUT2D eigenvalue weighted by atomic mass is 35.5. The molecule has 0 radical (unpaired) electrons. The van der Waals surface area contributed by atoms with E-state index in [2.05, 4.69) is 58.6 Å². The first-order chi connectivity index (χ1) is 24.5. The maximum absolute atomic E-state index is 11.3. The number of halogens is 2. The topological polar surface area (TPSA) is 142 Å². The Bertz CT molecular complexity index is 1790. The minimum absolute atomic E-state index is 0. The van der Waals surface area contributed by atoms with Crippen molar-refractivity contribution < 1.29 is 23.9 Å². The maximum Gasteiger partial charge on any atom is 0.409 e. The normalized spacial score (nSPS) is 11.1. The molecule has 0 saturated heterocycles. The van der Waals surface area contributed by atoms with Gasteiger partial charge in [-0.1, -0.05) is 127 Å². The Morgan fingerprint density at radius 1 is 0.596 bits per heavy atom. The standard InChI is InChI=1S/C18H20N2O2.C17H19NO.C7H5ClO2.ClH/c1-13(21)11-17(20-18(19)22)12-14-7-9-16(10-8-14)15-5-3-2-4-6-15;1-13(19)11-17(18)12-14-7-9-16(10-8-14)15-5-3-2-4-6-15;8-7(9)10-6-4-2-1-3-5-6;/h2-10,17H,11-12H2,1H3,(H3,19,20,22);2-10,17H,11-12,18H2,1H3;1-5H;1H/t2*17-;;/m00../s1. The van der Waals surface area contributed by atoms with E-state index in [4.69, 9.17) is 23.1 Å². The highest BCUT2D eigenvalue weighted by Gasteiger charge is 2.14. The molecule has 0 heterocycles. The molecular formula is C42H45Cl2N3O5. The molecule has 272 valence electrons. The van der Waals surface area contributed by atoms with Crippen molar-refractivity contribution in [2.45, 2.75) is 51.6 Å². The van der Waals surface area contributed by atoms with Gasteiger partial charge in [0, 0.05) is 36.5 Å². The molecule has 5 aromatic carbocycles. The smallest absolute Gasteiger partial charge is 0.409 e. The van der Waals surface area contributed by atoms with Crippen LogP contribution in [0.4, 0.5) is 9.59 Å². The summed E-state index contributed by atoms with van der Waals surface area (Å²) in [6, 6.07) is 44.6. The molecule has 8 nitrogen and oxygen atoms in total. The van der Waals surface area contributed by atoms with E-state index in [1.807, 2.05) is 66.7 Å². The van der Waals surface area contributed by atoms with Crippen LogP contribution in [0.1, 0.15) is 37.8 Å². The predicted octanol–water partition coefficient (Wildman–Crippen LogP) is 8.96. The minimum atomic E-state index is -0.814. The van der Waals surface area contributed by atoms with E-state index < -0.39 is 11.5 Å². The van der Waals surface area contributed by atoms with Crippen LogP contribution in [0.15, 0.2) is 140 Å². The molecular weight excluding hydrogens is 697 g/mol. The molecule has 0 aliphatic carbocycles. The van der Waals surface area contributed by atoms with Crippen LogP contribution in [0.25, 0.3) is 22.3 Å². The van der Waals surface area contributed by atoms with E-state index in [-0.39, 0.29) is 42.5 Å². The van der Waals surface area contributed by atoms with E-state index in [0.717, 1.165) is 23.1 Å². The zero-order valence-electron chi connectivity index (χ0n) is 29.2. The number of rotatable bonds is 12. The molecule has 0 fully saturated rings. The van der Waals surface area contributed by atoms with Crippen molar-refractivity contribution in [1.82, 2.24) is 5.32 Å². The summed E-state index contributed by atoms with van der Waals surface area (Å²) in [5.41, 5.74) is 17.2.